The molecule has 0 aliphatic carbocycles. The van der Waals surface area contributed by atoms with Crippen LogP contribution in [0.4, 0.5) is 0 Å². The fourth-order valence-electron chi connectivity index (χ4n) is 2.56. The molecule has 0 radical (unpaired) electrons. The molecule has 5 atom stereocenters. The van der Waals surface area contributed by atoms with Gasteiger partial charge in [0.1, 0.15) is 23.9 Å². The number of hydrogen-bond donors (Lipinski definition) is 8. The van der Waals surface area contributed by atoms with Crippen molar-refractivity contribution in [3.63, 3.8) is 0 Å². The Balaban J connectivity index is 0. The largest absolute Gasteiger partial charge is 0.790 e. The monoisotopic (exact) mass is 576 g/mol. The van der Waals surface area contributed by atoms with E-state index in [1.165, 1.54) is 23.1 Å². The second kappa shape index (κ2) is 13.2. The van der Waals surface area contributed by atoms with Crippen molar-refractivity contribution in [3.05, 3.63) is 34.9 Å². The number of ether oxygens (including phenoxy) is 1. The molecule has 3 rings (SSSR count). The van der Waals surface area contributed by atoms with Crippen LogP contribution in [0.15, 0.2) is 33.8 Å². The zero-order valence-corrected chi connectivity index (χ0v) is 21.0. The lowest BCUT2D eigenvalue weighted by atomic mass is 10.1. The molecule has 35 heavy (non-hydrogen) atoms. The van der Waals surface area contributed by atoms with Crippen LogP contribution >= 0.6 is 23.5 Å². The number of nitrogens with zero attached hydrogens (tertiary/aromatic N) is 1. The topological polar surface area (TPSA) is 394 Å². The van der Waals surface area contributed by atoms with Gasteiger partial charge < -0.3 is 72.0 Å². The Kier molecular flexibility index (Phi) is 13.5. The van der Waals surface area contributed by atoms with Crippen LogP contribution in [-0.2, 0) is 27.1 Å². The van der Waals surface area contributed by atoms with Crippen molar-refractivity contribution >= 4 is 34.4 Å². The van der Waals surface area contributed by atoms with Gasteiger partial charge in [0.2, 0.25) is 0 Å². The van der Waals surface area contributed by atoms with Crippen LogP contribution in [0.1, 0.15) is 6.23 Å². The van der Waals surface area contributed by atoms with Gasteiger partial charge in [-0.3, -0.25) is 18.2 Å². The number of hydrogen-bond acceptors (Lipinski definition) is 14. The highest BCUT2D eigenvalue weighted by Gasteiger charge is 2.43. The Hall–Kier alpha value is -1.38. The van der Waals surface area contributed by atoms with Gasteiger partial charge in [-0.2, -0.15) is 0 Å². The number of quaternary nitrogens is 3. The second-order valence-corrected chi connectivity index (χ2v) is 10.1. The van der Waals surface area contributed by atoms with E-state index < -0.39 is 54.6 Å². The fraction of sp³-hybridized carbons (Fsp3) is 0.417. The number of rotatable bonds is 6. The molecule has 23 heteroatoms. The maximum Gasteiger partial charge on any atom is 0.476 e. The van der Waals surface area contributed by atoms with Crippen LogP contribution < -0.4 is 38.7 Å². The zero-order valence-electron chi connectivity index (χ0n) is 18.3. The average Bonchev–Trinajstić information content (AvgIpc) is 3.18. The van der Waals surface area contributed by atoms with Crippen molar-refractivity contribution in [3.8, 4) is 0 Å². The van der Waals surface area contributed by atoms with Crippen LogP contribution in [0.25, 0.3) is 11.0 Å². The molecule has 3 heterocycles. The maximum atomic E-state index is 12.2. The maximum absolute atomic E-state index is 12.2. The predicted molar refractivity (Wildman–Crippen MR) is 111 cm³/mol. The average molecular weight is 576 g/mol. The molecule has 1 aliphatic heterocycles. The highest BCUT2D eigenvalue weighted by atomic mass is 31.3. The summed E-state index contributed by atoms with van der Waals surface area (Å²) in [4.78, 5) is 57.5. The van der Waals surface area contributed by atoms with Gasteiger partial charge in [-0.05, 0) is 12.1 Å². The quantitative estimate of drug-likeness (QED) is 0.168. The van der Waals surface area contributed by atoms with Crippen molar-refractivity contribution < 1.29 is 71.3 Å². The van der Waals surface area contributed by atoms with Gasteiger partial charge in [0.25, 0.3) is 13.4 Å². The molecule has 0 bridgehead atoms. The van der Waals surface area contributed by atoms with E-state index in [4.69, 9.17) is 24.0 Å². The van der Waals surface area contributed by atoms with E-state index in [9.17, 15) is 43.4 Å². The highest BCUT2D eigenvalue weighted by molar-refractivity contribution is 7.65. The Morgan fingerprint density at radius 1 is 1.00 bits per heavy atom. The summed E-state index contributed by atoms with van der Waals surface area (Å²) in [5.74, 6) is 0. The van der Waals surface area contributed by atoms with Gasteiger partial charge in [-0.25, -0.2) is 8.88 Å². The predicted octanol–water partition coefficient (Wildman–Crippen LogP) is -2.26. The third-order valence-corrected chi connectivity index (χ3v) is 7.00. The van der Waals surface area contributed by atoms with Crippen molar-refractivity contribution in [2.24, 2.45) is 0 Å². The number of aliphatic hydroxyl groups is 3. The third-order valence-electron chi connectivity index (χ3n) is 3.74. The summed E-state index contributed by atoms with van der Waals surface area (Å²) >= 11 is 0. The molecule has 20 nitrogen and oxygen atoms in total. The van der Waals surface area contributed by atoms with Crippen molar-refractivity contribution in [1.82, 2.24) is 23.0 Å². The van der Waals surface area contributed by atoms with Crippen LogP contribution in [0, 0.1) is 0 Å². The first kappa shape index (κ1) is 35.8. The van der Waals surface area contributed by atoms with Crippen LogP contribution in [0.5, 0.6) is 0 Å². The van der Waals surface area contributed by atoms with Gasteiger partial charge in [-0.15, -0.1) is 0 Å². The Morgan fingerprint density at radius 2 is 1.57 bits per heavy atom. The summed E-state index contributed by atoms with van der Waals surface area (Å²) in [6.45, 7) is -0.433. The van der Waals surface area contributed by atoms with Gasteiger partial charge in [-0.1, -0.05) is 0 Å². The van der Waals surface area contributed by atoms with E-state index in [2.05, 4.69) is 8.62 Å². The number of aliphatic hydroxyl groups excluding tert-OH is 3. The molecule has 1 saturated heterocycles. The minimum Gasteiger partial charge on any atom is -0.790 e. The van der Waals surface area contributed by atoms with E-state index in [-0.39, 0.29) is 24.0 Å². The minimum atomic E-state index is -5.92. The number of fused-ring (bicyclic) bond motifs is 1. The lowest BCUT2D eigenvalue weighted by Crippen LogP contribution is -2.35. The Bertz CT molecular complexity index is 1110. The fourth-order valence-corrected chi connectivity index (χ4v) is 4.97. The smallest absolute Gasteiger partial charge is 0.476 e. The van der Waals surface area contributed by atoms with Crippen molar-refractivity contribution in [2.45, 2.75) is 24.5 Å². The van der Waals surface area contributed by atoms with E-state index in [1.807, 2.05) is 0 Å². The lowest BCUT2D eigenvalue weighted by Gasteiger charge is -2.34. The highest BCUT2D eigenvalue weighted by Crippen LogP contribution is 2.59. The molecule has 17 N–H and O–H groups in total. The van der Waals surface area contributed by atoms with Crippen molar-refractivity contribution in [1.29, 1.82) is 0 Å². The van der Waals surface area contributed by atoms with Crippen LogP contribution in [0.2, 0.25) is 0 Å². The molecule has 0 saturated carbocycles. The van der Waals surface area contributed by atoms with E-state index >= 15 is 0 Å². The molecular weight excluding hydrogens is 549 g/mol. The molecule has 206 valence electrons. The second-order valence-electron chi connectivity index (χ2n) is 6.00. The number of pyridine rings is 1. The molecule has 0 aromatic carbocycles. The Labute approximate surface area is 195 Å². The summed E-state index contributed by atoms with van der Waals surface area (Å²) in [6.07, 6.45) is -1.63. The van der Waals surface area contributed by atoms with E-state index in [0.29, 0.717) is 11.0 Å². The first-order valence-corrected chi connectivity index (χ1v) is 12.5. The lowest BCUT2D eigenvalue weighted by molar-refractivity contribution is -0.339. The molecule has 1 unspecified atom stereocenters. The van der Waals surface area contributed by atoms with Gasteiger partial charge >= 0.3 is 7.82 Å². The Morgan fingerprint density at radius 3 is 2.03 bits per heavy atom. The summed E-state index contributed by atoms with van der Waals surface area (Å²) < 4.78 is 46.9. The normalized spacial score (nSPS) is 23.7. The first-order valence-electron chi connectivity index (χ1n) is 8.07. The van der Waals surface area contributed by atoms with Gasteiger partial charge in [0.15, 0.2) is 6.23 Å². The number of aromatic nitrogens is 1. The molecule has 1 aliphatic rings. The molecule has 0 spiro atoms. The summed E-state index contributed by atoms with van der Waals surface area (Å²) in [5, 5.41) is 29.0. The zero-order chi connectivity index (χ0) is 24.5. The minimum absolute atomic E-state index is 0. The summed E-state index contributed by atoms with van der Waals surface area (Å²) in [7, 11) is -17.2. The standard InChI is InChI=1S/C12H13NO6.3H3N.H5O10P3/c14-5-8-9(15)10(16)12(19-8)13-3-1-7-6(11(13)17)2-4-18-7;;;;1-11(2,3)9-13(7,8)10-12(4,5)6/h1-4,8-10,12,14-16H,5H2;3*1H3;(H,7,8)(H2,1,2,3)(H2,4,5,6)/t8-,9-,10-,12-;;;;/m1..../s1. The summed E-state index contributed by atoms with van der Waals surface area (Å²) in [5.41, 5.74) is 0.0501. The molecule has 2 aromatic heterocycles. The number of furan rings is 1. The van der Waals surface area contributed by atoms with Gasteiger partial charge in [0, 0.05) is 6.20 Å². The van der Waals surface area contributed by atoms with Crippen molar-refractivity contribution in [2.75, 3.05) is 6.61 Å². The van der Waals surface area contributed by atoms with E-state index in [0.717, 1.165) is 0 Å². The first-order chi connectivity index (χ1) is 14.5. The SMILES string of the molecule is O=P([O-])([O-])OP(=O)([O-])OP(=O)(O)O.O=c1c2ccoc2ccn1[C@@H]1O[C@H](CO)[C@@H](O)[C@H]1O.[NH4+].[NH4+].[NH4+]. The van der Waals surface area contributed by atoms with Crippen LogP contribution in [0.3, 0.4) is 0 Å². The number of phosphoric acid groups is 3. The molecular formula is C12H27N4O16P3. The summed E-state index contributed by atoms with van der Waals surface area (Å²) in [6, 6.07) is 3.10. The van der Waals surface area contributed by atoms with Crippen LogP contribution in [-0.4, -0.2) is 54.6 Å². The molecule has 0 amide bonds. The van der Waals surface area contributed by atoms with E-state index in [1.54, 1.807) is 6.07 Å². The molecule has 1 fully saturated rings. The third kappa shape index (κ3) is 9.89. The molecule has 2 aromatic rings. The van der Waals surface area contributed by atoms with Gasteiger partial charge in [0.05, 0.1) is 26.1 Å².